The summed E-state index contributed by atoms with van der Waals surface area (Å²) in [5.41, 5.74) is 8.25. The zero-order valence-corrected chi connectivity index (χ0v) is 11.4. The molecule has 0 amide bonds. The molecule has 0 atom stereocenters. The maximum atomic E-state index is 11.9. The second-order valence-electron chi connectivity index (χ2n) is 4.33. The first kappa shape index (κ1) is 12.6. The van der Waals surface area contributed by atoms with Gasteiger partial charge >= 0.3 is 0 Å². The second kappa shape index (κ2) is 5.30. The lowest BCUT2D eigenvalue weighted by atomic mass is 10.1. The number of aromatic nitrogens is 1. The monoisotopic (exact) mass is 284 g/mol. The van der Waals surface area contributed by atoms with Crippen molar-refractivity contribution in [2.75, 3.05) is 5.73 Å². The van der Waals surface area contributed by atoms with Crippen molar-refractivity contribution in [1.29, 1.82) is 0 Å². The highest BCUT2D eigenvalue weighted by molar-refractivity contribution is 7.10. The quantitative estimate of drug-likeness (QED) is 0.589. The Morgan fingerprint density at radius 1 is 1.30 bits per heavy atom. The summed E-state index contributed by atoms with van der Waals surface area (Å²) in [7, 11) is 0. The number of furan rings is 1. The van der Waals surface area contributed by atoms with E-state index in [-0.39, 0.29) is 12.2 Å². The molecule has 4 nitrogen and oxygen atoms in total. The van der Waals surface area contributed by atoms with Crippen LogP contribution in [0.15, 0.2) is 52.5 Å². The fourth-order valence-corrected chi connectivity index (χ4v) is 2.69. The highest BCUT2D eigenvalue weighted by Gasteiger charge is 2.13. The van der Waals surface area contributed by atoms with Crippen LogP contribution in [0.5, 0.6) is 0 Å². The Bertz CT molecular complexity index is 732. The molecule has 2 heterocycles. The third-order valence-corrected chi connectivity index (χ3v) is 3.69. The smallest absolute Gasteiger partial charge is 0.204 e. The number of hydrogen-bond donors (Lipinski definition) is 1. The molecule has 3 aromatic rings. The molecule has 0 aliphatic heterocycles. The summed E-state index contributed by atoms with van der Waals surface area (Å²) in [6.07, 6.45) is 1.74. The van der Waals surface area contributed by atoms with E-state index in [4.69, 9.17) is 10.2 Å². The van der Waals surface area contributed by atoms with Crippen LogP contribution >= 0.6 is 11.3 Å². The predicted molar refractivity (Wildman–Crippen MR) is 78.7 cm³/mol. The molecule has 1 aromatic carbocycles. The van der Waals surface area contributed by atoms with E-state index in [1.807, 2.05) is 29.6 Å². The highest BCUT2D eigenvalue weighted by Crippen LogP contribution is 2.24. The normalized spacial score (nSPS) is 10.6. The van der Waals surface area contributed by atoms with Gasteiger partial charge in [-0.05, 0) is 24.3 Å². The second-order valence-corrected chi connectivity index (χ2v) is 5.27. The van der Waals surface area contributed by atoms with Gasteiger partial charge in [-0.15, -0.1) is 11.3 Å². The van der Waals surface area contributed by atoms with Gasteiger partial charge in [0, 0.05) is 16.6 Å². The molecule has 0 aliphatic carbocycles. The SMILES string of the molecule is Nc1cccc(-c2csc(CC(=O)c3ccco3)n2)c1. The minimum absolute atomic E-state index is 0.0662. The van der Waals surface area contributed by atoms with Gasteiger partial charge in [-0.3, -0.25) is 4.79 Å². The van der Waals surface area contributed by atoms with Crippen molar-refractivity contribution < 1.29 is 9.21 Å². The summed E-state index contributed by atoms with van der Waals surface area (Å²) in [4.78, 5) is 16.4. The van der Waals surface area contributed by atoms with Crippen molar-refractivity contribution >= 4 is 22.8 Å². The van der Waals surface area contributed by atoms with Crippen LogP contribution in [0.3, 0.4) is 0 Å². The molecule has 0 bridgehead atoms. The van der Waals surface area contributed by atoms with E-state index in [0.717, 1.165) is 16.3 Å². The number of hydrogen-bond acceptors (Lipinski definition) is 5. The van der Waals surface area contributed by atoms with Crippen LogP contribution in [0.1, 0.15) is 15.6 Å². The number of carbonyl (C=O) groups excluding carboxylic acids is 1. The summed E-state index contributed by atoms with van der Waals surface area (Å²) in [5, 5.41) is 2.70. The van der Waals surface area contributed by atoms with Gasteiger partial charge in [0.1, 0.15) is 5.01 Å². The zero-order chi connectivity index (χ0) is 13.9. The van der Waals surface area contributed by atoms with Crippen molar-refractivity contribution in [3.05, 3.63) is 58.8 Å². The van der Waals surface area contributed by atoms with Crippen LogP contribution in [-0.4, -0.2) is 10.8 Å². The van der Waals surface area contributed by atoms with E-state index >= 15 is 0 Å². The molecule has 0 aliphatic rings. The minimum atomic E-state index is -0.0662. The van der Waals surface area contributed by atoms with Gasteiger partial charge in [0.15, 0.2) is 5.76 Å². The van der Waals surface area contributed by atoms with E-state index < -0.39 is 0 Å². The van der Waals surface area contributed by atoms with Crippen LogP contribution in [0.25, 0.3) is 11.3 Å². The lowest BCUT2D eigenvalue weighted by Crippen LogP contribution is -2.01. The molecule has 0 fully saturated rings. The standard InChI is InChI=1S/C15H12N2O2S/c16-11-4-1-3-10(7-11)12-9-20-15(17-12)8-13(18)14-5-2-6-19-14/h1-7,9H,8,16H2. The number of rotatable bonds is 4. The van der Waals surface area contributed by atoms with Crippen molar-refractivity contribution in [3.8, 4) is 11.3 Å². The number of benzene rings is 1. The number of anilines is 1. The zero-order valence-electron chi connectivity index (χ0n) is 10.6. The van der Waals surface area contributed by atoms with Crippen LogP contribution in [0.4, 0.5) is 5.69 Å². The molecule has 20 heavy (non-hydrogen) atoms. The largest absolute Gasteiger partial charge is 0.461 e. The Hall–Kier alpha value is -2.40. The number of nitrogens with zero attached hydrogens (tertiary/aromatic N) is 1. The topological polar surface area (TPSA) is 69.1 Å². The summed E-state index contributed by atoms with van der Waals surface area (Å²) in [6.45, 7) is 0. The van der Waals surface area contributed by atoms with Gasteiger partial charge in [0.25, 0.3) is 0 Å². The molecule has 0 unspecified atom stereocenters. The first-order valence-corrected chi connectivity index (χ1v) is 6.97. The maximum Gasteiger partial charge on any atom is 0.204 e. The van der Waals surface area contributed by atoms with Crippen molar-refractivity contribution in [3.63, 3.8) is 0 Å². The molecule has 0 radical (unpaired) electrons. The van der Waals surface area contributed by atoms with E-state index in [2.05, 4.69) is 4.98 Å². The Labute approximate surface area is 119 Å². The first-order chi connectivity index (χ1) is 9.72. The van der Waals surface area contributed by atoms with Gasteiger partial charge in [0.05, 0.1) is 18.4 Å². The highest BCUT2D eigenvalue weighted by atomic mass is 32.1. The molecule has 0 saturated carbocycles. The molecule has 2 N–H and O–H groups in total. The molecule has 2 aromatic heterocycles. The summed E-state index contributed by atoms with van der Waals surface area (Å²) >= 11 is 1.46. The summed E-state index contributed by atoms with van der Waals surface area (Å²) in [5.74, 6) is 0.300. The number of nitrogens with two attached hydrogens (primary N) is 1. The number of carbonyl (C=O) groups is 1. The third-order valence-electron chi connectivity index (χ3n) is 2.84. The predicted octanol–water partition coefficient (Wildman–Crippen LogP) is 3.41. The average molecular weight is 284 g/mol. The Morgan fingerprint density at radius 2 is 2.20 bits per heavy atom. The van der Waals surface area contributed by atoms with E-state index in [1.165, 1.54) is 17.6 Å². The molecular formula is C15H12N2O2S. The molecule has 100 valence electrons. The van der Waals surface area contributed by atoms with Crippen LogP contribution in [0.2, 0.25) is 0 Å². The first-order valence-electron chi connectivity index (χ1n) is 6.09. The molecule has 0 saturated heterocycles. The minimum Gasteiger partial charge on any atom is -0.461 e. The van der Waals surface area contributed by atoms with Gasteiger partial charge in [0.2, 0.25) is 5.78 Å². The van der Waals surface area contributed by atoms with Crippen molar-refractivity contribution in [2.45, 2.75) is 6.42 Å². The molecular weight excluding hydrogens is 272 g/mol. The van der Waals surface area contributed by atoms with Crippen LogP contribution in [-0.2, 0) is 6.42 Å². The lowest BCUT2D eigenvalue weighted by Gasteiger charge is -1.98. The maximum absolute atomic E-state index is 11.9. The Balaban J connectivity index is 1.79. The molecule has 0 spiro atoms. The summed E-state index contributed by atoms with van der Waals surface area (Å²) in [6, 6.07) is 10.9. The van der Waals surface area contributed by atoms with Gasteiger partial charge < -0.3 is 10.2 Å². The molecule has 3 rings (SSSR count). The van der Waals surface area contributed by atoms with Crippen molar-refractivity contribution in [1.82, 2.24) is 4.98 Å². The van der Waals surface area contributed by atoms with E-state index in [1.54, 1.807) is 12.1 Å². The van der Waals surface area contributed by atoms with E-state index in [0.29, 0.717) is 11.4 Å². The fraction of sp³-hybridized carbons (Fsp3) is 0.0667. The van der Waals surface area contributed by atoms with Gasteiger partial charge in [-0.2, -0.15) is 0 Å². The fourth-order valence-electron chi connectivity index (χ4n) is 1.88. The lowest BCUT2D eigenvalue weighted by molar-refractivity contribution is 0.0966. The number of ketones is 1. The van der Waals surface area contributed by atoms with Gasteiger partial charge in [-0.25, -0.2) is 4.98 Å². The van der Waals surface area contributed by atoms with Crippen LogP contribution in [0, 0.1) is 0 Å². The number of nitrogen functional groups attached to an aromatic ring is 1. The molecule has 5 heteroatoms. The third kappa shape index (κ3) is 2.62. The van der Waals surface area contributed by atoms with Crippen molar-refractivity contribution in [2.24, 2.45) is 0 Å². The Kier molecular flexibility index (Phi) is 3.35. The Morgan fingerprint density at radius 3 is 2.95 bits per heavy atom. The number of Topliss-reactive ketones (excluding diaryl/α,β-unsaturated/α-hetero) is 1. The van der Waals surface area contributed by atoms with E-state index in [9.17, 15) is 4.79 Å². The number of thiazole rings is 1. The van der Waals surface area contributed by atoms with Crippen LogP contribution < -0.4 is 5.73 Å². The average Bonchev–Trinajstić information content (AvgIpc) is 3.10. The summed E-state index contributed by atoms with van der Waals surface area (Å²) < 4.78 is 5.09. The van der Waals surface area contributed by atoms with Gasteiger partial charge in [-0.1, -0.05) is 12.1 Å².